The molecule has 1 aliphatic rings. The van der Waals surface area contributed by atoms with Crippen molar-refractivity contribution in [3.8, 4) is 22.8 Å². The first kappa shape index (κ1) is 14.7. The number of hydrogen-bond acceptors (Lipinski definition) is 6. The lowest BCUT2D eigenvalue weighted by Crippen LogP contribution is -2.24. The van der Waals surface area contributed by atoms with Gasteiger partial charge in [-0.2, -0.15) is 4.98 Å². The van der Waals surface area contributed by atoms with Gasteiger partial charge in [-0.15, -0.1) is 11.3 Å². The van der Waals surface area contributed by atoms with Crippen LogP contribution in [0, 0.1) is 6.92 Å². The van der Waals surface area contributed by atoms with Gasteiger partial charge in [0.25, 0.3) is 5.89 Å². The molecule has 0 bridgehead atoms. The van der Waals surface area contributed by atoms with Gasteiger partial charge in [-0.3, -0.25) is 4.98 Å². The maximum absolute atomic E-state index is 5.58. The number of nitrogens with zero attached hydrogens (tertiary/aromatic N) is 3. The zero-order valence-corrected chi connectivity index (χ0v) is 14.6. The smallest absolute Gasteiger partial charge is 0.258 e. The summed E-state index contributed by atoms with van der Waals surface area (Å²) in [6, 6.07) is 8.34. The molecule has 4 heterocycles. The summed E-state index contributed by atoms with van der Waals surface area (Å²) in [4.78, 5) is 9.20. The molecule has 0 saturated carbocycles. The molecule has 25 heavy (non-hydrogen) atoms. The first-order chi connectivity index (χ1) is 12.3. The molecular weight excluding hydrogens is 332 g/mol. The van der Waals surface area contributed by atoms with E-state index < -0.39 is 0 Å². The summed E-state index contributed by atoms with van der Waals surface area (Å²) in [5.74, 6) is 1.18. The molecule has 6 heteroatoms. The maximum Gasteiger partial charge on any atom is 0.258 e. The van der Waals surface area contributed by atoms with Crippen molar-refractivity contribution in [1.82, 2.24) is 20.4 Å². The average Bonchev–Trinajstić information content (AvgIpc) is 3.30. The van der Waals surface area contributed by atoms with Crippen LogP contribution >= 0.6 is 11.3 Å². The van der Waals surface area contributed by atoms with E-state index in [1.54, 1.807) is 11.3 Å². The molecule has 0 spiro atoms. The number of pyridine rings is 1. The maximum atomic E-state index is 5.58. The van der Waals surface area contributed by atoms with E-state index in [1.165, 1.54) is 21.2 Å². The second-order valence-corrected chi connectivity index (χ2v) is 7.19. The third-order valence-corrected chi connectivity index (χ3v) is 5.58. The van der Waals surface area contributed by atoms with Crippen LogP contribution in [0.2, 0.25) is 0 Å². The molecule has 0 aliphatic carbocycles. The fourth-order valence-electron chi connectivity index (χ4n) is 3.41. The molecule has 0 amide bonds. The minimum atomic E-state index is 0.550. The lowest BCUT2D eigenvalue weighted by Gasteiger charge is -2.19. The SMILES string of the molecule is Cc1ncc2c(c1-c1noc(-c3ccc4sccc4c3)n1)CCNC2. The topological polar surface area (TPSA) is 63.8 Å². The van der Waals surface area contributed by atoms with Gasteiger partial charge in [0.1, 0.15) is 0 Å². The number of thiophene rings is 1. The molecule has 5 nitrogen and oxygen atoms in total. The van der Waals surface area contributed by atoms with Gasteiger partial charge in [0.2, 0.25) is 5.82 Å². The minimum Gasteiger partial charge on any atom is -0.334 e. The molecule has 1 aliphatic heterocycles. The summed E-state index contributed by atoms with van der Waals surface area (Å²) in [5, 5.41) is 10.9. The number of fused-ring (bicyclic) bond motifs is 2. The van der Waals surface area contributed by atoms with Gasteiger partial charge >= 0.3 is 0 Å². The van der Waals surface area contributed by atoms with Gasteiger partial charge < -0.3 is 9.84 Å². The standard InChI is InChI=1S/C19H16N4OS/c1-11-17(15-4-6-20-9-14(15)10-21-11)18-22-19(24-23-18)13-2-3-16-12(8-13)5-7-25-16/h2-3,5,7-8,10,20H,4,6,9H2,1H3. The molecule has 0 fully saturated rings. The van der Waals surface area contributed by atoms with Crippen molar-refractivity contribution in [2.24, 2.45) is 0 Å². The summed E-state index contributed by atoms with van der Waals surface area (Å²) in [6.45, 7) is 3.81. The highest BCUT2D eigenvalue weighted by Gasteiger charge is 2.21. The predicted octanol–water partition coefficient (Wildman–Crippen LogP) is 3.97. The molecule has 0 saturated heterocycles. The van der Waals surface area contributed by atoms with Crippen molar-refractivity contribution < 1.29 is 4.52 Å². The Morgan fingerprint density at radius 1 is 1.24 bits per heavy atom. The van der Waals surface area contributed by atoms with E-state index in [-0.39, 0.29) is 0 Å². The molecule has 5 rings (SSSR count). The monoisotopic (exact) mass is 348 g/mol. The first-order valence-electron chi connectivity index (χ1n) is 8.29. The Kier molecular flexibility index (Phi) is 3.39. The average molecular weight is 348 g/mol. The number of nitrogens with one attached hydrogen (secondary N) is 1. The van der Waals surface area contributed by atoms with Crippen LogP contribution < -0.4 is 5.32 Å². The second kappa shape index (κ2) is 5.75. The van der Waals surface area contributed by atoms with Gasteiger partial charge in [-0.1, -0.05) is 5.16 Å². The molecule has 0 radical (unpaired) electrons. The van der Waals surface area contributed by atoms with Crippen LogP contribution in [0.3, 0.4) is 0 Å². The van der Waals surface area contributed by atoms with Crippen LogP contribution in [0.5, 0.6) is 0 Å². The molecule has 1 N–H and O–H groups in total. The van der Waals surface area contributed by atoms with Crippen LogP contribution in [0.25, 0.3) is 32.9 Å². The largest absolute Gasteiger partial charge is 0.334 e. The highest BCUT2D eigenvalue weighted by atomic mass is 32.1. The zero-order chi connectivity index (χ0) is 16.8. The highest BCUT2D eigenvalue weighted by Crippen LogP contribution is 2.31. The highest BCUT2D eigenvalue weighted by molar-refractivity contribution is 7.17. The summed E-state index contributed by atoms with van der Waals surface area (Å²) in [6.07, 6.45) is 2.91. The zero-order valence-electron chi connectivity index (χ0n) is 13.7. The van der Waals surface area contributed by atoms with E-state index in [0.29, 0.717) is 11.7 Å². The molecule has 3 aromatic heterocycles. The first-order valence-corrected chi connectivity index (χ1v) is 9.17. The Bertz CT molecular complexity index is 1080. The summed E-state index contributed by atoms with van der Waals surface area (Å²) >= 11 is 1.73. The minimum absolute atomic E-state index is 0.550. The van der Waals surface area contributed by atoms with Crippen molar-refractivity contribution in [3.63, 3.8) is 0 Å². The number of hydrogen-bond donors (Lipinski definition) is 1. The van der Waals surface area contributed by atoms with E-state index in [1.807, 2.05) is 19.2 Å². The number of rotatable bonds is 2. The molecule has 1 aromatic carbocycles. The van der Waals surface area contributed by atoms with E-state index in [2.05, 4.69) is 44.0 Å². The third kappa shape index (κ3) is 2.45. The Labute approximate surface area is 148 Å². The summed E-state index contributed by atoms with van der Waals surface area (Å²) in [7, 11) is 0. The second-order valence-electron chi connectivity index (χ2n) is 6.25. The number of aromatic nitrogens is 3. The molecule has 0 unspecified atom stereocenters. The Hall–Kier alpha value is -2.57. The van der Waals surface area contributed by atoms with E-state index in [4.69, 9.17) is 4.52 Å². The van der Waals surface area contributed by atoms with Crippen LogP contribution in [-0.4, -0.2) is 21.7 Å². The fraction of sp³-hybridized carbons (Fsp3) is 0.211. The van der Waals surface area contributed by atoms with Crippen molar-refractivity contribution in [2.75, 3.05) is 6.54 Å². The Morgan fingerprint density at radius 2 is 2.20 bits per heavy atom. The Balaban J connectivity index is 1.61. The van der Waals surface area contributed by atoms with Gasteiger partial charge in [0.05, 0.1) is 0 Å². The molecular formula is C19H16N4OS. The van der Waals surface area contributed by atoms with E-state index >= 15 is 0 Å². The van der Waals surface area contributed by atoms with Gasteiger partial charge in [-0.05, 0) is 66.0 Å². The lowest BCUT2D eigenvalue weighted by molar-refractivity contribution is 0.432. The quantitative estimate of drug-likeness (QED) is 0.594. The van der Waals surface area contributed by atoms with Gasteiger partial charge in [-0.25, -0.2) is 0 Å². The van der Waals surface area contributed by atoms with Crippen LogP contribution in [0.15, 0.2) is 40.4 Å². The number of aryl methyl sites for hydroxylation is 1. The van der Waals surface area contributed by atoms with Crippen molar-refractivity contribution >= 4 is 21.4 Å². The van der Waals surface area contributed by atoms with Crippen molar-refractivity contribution in [3.05, 3.63) is 52.7 Å². The van der Waals surface area contributed by atoms with Crippen LogP contribution in [0.1, 0.15) is 16.8 Å². The van der Waals surface area contributed by atoms with Crippen molar-refractivity contribution in [2.45, 2.75) is 19.9 Å². The van der Waals surface area contributed by atoms with E-state index in [0.717, 1.165) is 36.3 Å². The number of benzene rings is 1. The fourth-order valence-corrected chi connectivity index (χ4v) is 4.18. The lowest BCUT2D eigenvalue weighted by atomic mass is 9.95. The van der Waals surface area contributed by atoms with Crippen LogP contribution in [0.4, 0.5) is 0 Å². The van der Waals surface area contributed by atoms with Gasteiger partial charge in [0.15, 0.2) is 0 Å². The van der Waals surface area contributed by atoms with Crippen molar-refractivity contribution in [1.29, 1.82) is 0 Å². The van der Waals surface area contributed by atoms with E-state index in [9.17, 15) is 0 Å². The molecule has 4 aromatic rings. The summed E-state index contributed by atoms with van der Waals surface area (Å²) in [5.41, 5.74) is 5.42. The summed E-state index contributed by atoms with van der Waals surface area (Å²) < 4.78 is 6.83. The normalized spacial score (nSPS) is 14.0. The van der Waals surface area contributed by atoms with Crippen LogP contribution in [-0.2, 0) is 13.0 Å². The predicted molar refractivity (Wildman–Crippen MR) is 98.5 cm³/mol. The third-order valence-electron chi connectivity index (χ3n) is 4.68. The molecule has 124 valence electrons. The molecule has 0 atom stereocenters. The Morgan fingerprint density at radius 3 is 3.16 bits per heavy atom. The van der Waals surface area contributed by atoms with Gasteiger partial charge in [0, 0.05) is 34.3 Å².